The smallest absolute Gasteiger partial charge is 0.325 e. The summed E-state index contributed by atoms with van der Waals surface area (Å²) in [6.07, 6.45) is 0. The van der Waals surface area contributed by atoms with Crippen molar-refractivity contribution in [2.75, 3.05) is 20.3 Å². The average Bonchev–Trinajstić information content (AvgIpc) is 2.43. The van der Waals surface area contributed by atoms with Crippen LogP contribution in [-0.2, 0) is 14.3 Å². The largest absolute Gasteiger partial charge is 0.484 e. The van der Waals surface area contributed by atoms with Crippen LogP contribution in [0.1, 0.15) is 13.8 Å². The lowest BCUT2D eigenvalue weighted by molar-refractivity contribution is -0.149. The van der Waals surface area contributed by atoms with Crippen molar-refractivity contribution < 1.29 is 19.1 Å². The van der Waals surface area contributed by atoms with Gasteiger partial charge in [0.15, 0.2) is 6.61 Å². The number of carbonyl (C=O) groups is 2. The number of benzene rings is 1. The van der Waals surface area contributed by atoms with E-state index in [-0.39, 0.29) is 25.1 Å². The molecule has 6 heteroatoms. The zero-order valence-corrected chi connectivity index (χ0v) is 12.5. The Kier molecular flexibility index (Phi) is 6.31. The van der Waals surface area contributed by atoms with Gasteiger partial charge in [0.25, 0.3) is 5.91 Å². The maximum absolute atomic E-state index is 12.0. The van der Waals surface area contributed by atoms with Crippen molar-refractivity contribution in [2.45, 2.75) is 19.9 Å². The predicted octanol–water partition coefficient (Wildman–Crippen LogP) is 2.13. The number of hydrogen-bond acceptors (Lipinski definition) is 4. The summed E-state index contributed by atoms with van der Waals surface area (Å²) in [5.74, 6) is -0.191. The third-order valence-electron chi connectivity index (χ3n) is 2.65. The summed E-state index contributed by atoms with van der Waals surface area (Å²) in [6.45, 7) is 3.42. The molecule has 0 spiro atoms. The maximum Gasteiger partial charge on any atom is 0.325 e. The van der Waals surface area contributed by atoms with Crippen LogP contribution >= 0.6 is 11.6 Å². The summed E-state index contributed by atoms with van der Waals surface area (Å²) in [5, 5.41) is 0.596. The number of rotatable bonds is 6. The molecule has 0 N–H and O–H groups in total. The fourth-order valence-electron chi connectivity index (χ4n) is 1.52. The Morgan fingerprint density at radius 3 is 2.35 bits per heavy atom. The highest BCUT2D eigenvalue weighted by molar-refractivity contribution is 6.30. The molecule has 0 heterocycles. The summed E-state index contributed by atoms with van der Waals surface area (Å²) >= 11 is 5.76. The average molecular weight is 300 g/mol. The lowest BCUT2D eigenvalue weighted by Gasteiger charge is -2.25. The van der Waals surface area contributed by atoms with Gasteiger partial charge in [-0.05, 0) is 38.1 Å². The first-order chi connectivity index (χ1) is 9.43. The maximum atomic E-state index is 12.0. The number of halogens is 1. The first-order valence-electron chi connectivity index (χ1n) is 6.18. The molecule has 1 amide bonds. The minimum Gasteiger partial charge on any atom is -0.484 e. The number of ether oxygens (including phenoxy) is 2. The standard InChI is InChI=1S/C14H18ClNO4/c1-10(2)16(8-14(18)19-3)13(17)9-20-12-6-4-11(15)5-7-12/h4-7,10H,8-9H2,1-3H3. The second kappa shape index (κ2) is 7.75. The van der Waals surface area contributed by atoms with Gasteiger partial charge < -0.3 is 14.4 Å². The van der Waals surface area contributed by atoms with Crippen molar-refractivity contribution in [2.24, 2.45) is 0 Å². The summed E-state index contributed by atoms with van der Waals surface area (Å²) < 4.78 is 9.94. The van der Waals surface area contributed by atoms with Crippen LogP contribution in [0.25, 0.3) is 0 Å². The Morgan fingerprint density at radius 2 is 1.85 bits per heavy atom. The van der Waals surface area contributed by atoms with E-state index in [0.29, 0.717) is 10.8 Å². The molecule has 0 bridgehead atoms. The number of amides is 1. The van der Waals surface area contributed by atoms with Gasteiger partial charge in [0.05, 0.1) is 7.11 Å². The van der Waals surface area contributed by atoms with Gasteiger partial charge in [-0.2, -0.15) is 0 Å². The molecule has 1 aromatic rings. The van der Waals surface area contributed by atoms with Gasteiger partial charge in [-0.15, -0.1) is 0 Å². The predicted molar refractivity (Wildman–Crippen MR) is 75.8 cm³/mol. The van der Waals surface area contributed by atoms with E-state index in [0.717, 1.165) is 0 Å². The van der Waals surface area contributed by atoms with Gasteiger partial charge in [-0.1, -0.05) is 11.6 Å². The number of esters is 1. The molecule has 20 heavy (non-hydrogen) atoms. The zero-order valence-electron chi connectivity index (χ0n) is 11.8. The SMILES string of the molecule is COC(=O)CN(C(=O)COc1ccc(Cl)cc1)C(C)C. The topological polar surface area (TPSA) is 55.8 Å². The molecule has 1 rings (SSSR count). The number of carbonyl (C=O) groups excluding carboxylic acids is 2. The summed E-state index contributed by atoms with van der Waals surface area (Å²) in [4.78, 5) is 24.7. The first-order valence-corrected chi connectivity index (χ1v) is 6.56. The van der Waals surface area contributed by atoms with Crippen molar-refractivity contribution in [3.05, 3.63) is 29.3 Å². The molecule has 0 aliphatic carbocycles. The van der Waals surface area contributed by atoms with Crippen LogP contribution in [0.15, 0.2) is 24.3 Å². The number of methoxy groups -OCH3 is 1. The molecule has 0 saturated carbocycles. The highest BCUT2D eigenvalue weighted by Gasteiger charge is 2.20. The van der Waals surface area contributed by atoms with Crippen LogP contribution in [0.3, 0.4) is 0 Å². The zero-order chi connectivity index (χ0) is 15.1. The molecular formula is C14H18ClNO4. The van der Waals surface area contributed by atoms with Crippen molar-refractivity contribution in [3.8, 4) is 5.75 Å². The van der Waals surface area contributed by atoms with Crippen LogP contribution in [0.5, 0.6) is 5.75 Å². The number of hydrogen-bond donors (Lipinski definition) is 0. The van der Waals surface area contributed by atoms with E-state index in [4.69, 9.17) is 16.3 Å². The minimum absolute atomic E-state index is 0.0863. The van der Waals surface area contributed by atoms with Crippen molar-refractivity contribution in [3.63, 3.8) is 0 Å². The molecule has 5 nitrogen and oxygen atoms in total. The number of nitrogens with zero attached hydrogens (tertiary/aromatic N) is 1. The summed E-state index contributed by atoms with van der Waals surface area (Å²) in [7, 11) is 1.29. The van der Waals surface area contributed by atoms with Crippen molar-refractivity contribution in [1.82, 2.24) is 4.90 Å². The fourth-order valence-corrected chi connectivity index (χ4v) is 1.65. The van der Waals surface area contributed by atoms with E-state index in [1.165, 1.54) is 12.0 Å². The normalized spacial score (nSPS) is 10.2. The third-order valence-corrected chi connectivity index (χ3v) is 2.90. The molecule has 0 fully saturated rings. The van der Waals surface area contributed by atoms with Crippen LogP contribution in [0.2, 0.25) is 5.02 Å². The van der Waals surface area contributed by atoms with Gasteiger partial charge >= 0.3 is 5.97 Å². The molecule has 0 aliphatic rings. The van der Waals surface area contributed by atoms with Gasteiger partial charge in [0.1, 0.15) is 12.3 Å². The molecule has 0 radical (unpaired) electrons. The van der Waals surface area contributed by atoms with Gasteiger partial charge in [0.2, 0.25) is 0 Å². The van der Waals surface area contributed by atoms with Crippen molar-refractivity contribution in [1.29, 1.82) is 0 Å². The first kappa shape index (κ1) is 16.3. The Hall–Kier alpha value is -1.75. The van der Waals surface area contributed by atoms with E-state index in [1.54, 1.807) is 24.3 Å². The highest BCUT2D eigenvalue weighted by atomic mass is 35.5. The Morgan fingerprint density at radius 1 is 1.25 bits per heavy atom. The molecule has 0 unspecified atom stereocenters. The van der Waals surface area contributed by atoms with Gasteiger partial charge in [-0.3, -0.25) is 9.59 Å². The lowest BCUT2D eigenvalue weighted by atomic mass is 10.3. The molecule has 0 saturated heterocycles. The molecule has 110 valence electrons. The molecule has 0 atom stereocenters. The quantitative estimate of drug-likeness (QED) is 0.755. The van der Waals surface area contributed by atoms with E-state index in [1.807, 2.05) is 13.8 Å². The summed E-state index contributed by atoms with van der Waals surface area (Å²) in [6, 6.07) is 6.59. The highest BCUT2D eigenvalue weighted by Crippen LogP contribution is 2.15. The van der Waals surface area contributed by atoms with Crippen molar-refractivity contribution >= 4 is 23.5 Å². The van der Waals surface area contributed by atoms with E-state index >= 15 is 0 Å². The third kappa shape index (κ3) is 5.09. The molecule has 0 aliphatic heterocycles. The Bertz CT molecular complexity index is 459. The van der Waals surface area contributed by atoms with E-state index < -0.39 is 5.97 Å². The molecule has 1 aromatic carbocycles. The lowest BCUT2D eigenvalue weighted by Crippen LogP contribution is -2.43. The Balaban J connectivity index is 2.57. The second-order valence-corrected chi connectivity index (χ2v) is 4.87. The fraction of sp³-hybridized carbons (Fsp3) is 0.429. The van der Waals surface area contributed by atoms with Gasteiger partial charge in [-0.25, -0.2) is 0 Å². The second-order valence-electron chi connectivity index (χ2n) is 4.43. The van der Waals surface area contributed by atoms with Crippen LogP contribution in [0.4, 0.5) is 0 Å². The minimum atomic E-state index is -0.460. The van der Waals surface area contributed by atoms with Crippen LogP contribution < -0.4 is 4.74 Å². The van der Waals surface area contributed by atoms with Gasteiger partial charge in [0, 0.05) is 11.1 Å². The van der Waals surface area contributed by atoms with E-state index in [9.17, 15) is 9.59 Å². The summed E-state index contributed by atoms with van der Waals surface area (Å²) in [5.41, 5.74) is 0. The monoisotopic (exact) mass is 299 g/mol. The molecular weight excluding hydrogens is 282 g/mol. The van der Waals surface area contributed by atoms with E-state index in [2.05, 4.69) is 4.74 Å². The van der Waals surface area contributed by atoms with Crippen LogP contribution in [-0.4, -0.2) is 43.1 Å². The van der Waals surface area contributed by atoms with Crippen LogP contribution in [0, 0.1) is 0 Å². The Labute approximate surface area is 123 Å². The molecule has 0 aromatic heterocycles.